The van der Waals surface area contributed by atoms with Crippen molar-refractivity contribution in [2.45, 2.75) is 19.7 Å². The molecule has 25 heavy (non-hydrogen) atoms. The van der Waals surface area contributed by atoms with E-state index in [1.807, 2.05) is 16.8 Å². The van der Waals surface area contributed by atoms with Gasteiger partial charge in [0.15, 0.2) is 0 Å². The van der Waals surface area contributed by atoms with Crippen molar-refractivity contribution in [3.05, 3.63) is 65.9 Å². The summed E-state index contributed by atoms with van der Waals surface area (Å²) in [7, 11) is 0. The fraction of sp³-hybridized carbons (Fsp3) is 0.235. The molecule has 4 rings (SSSR count). The van der Waals surface area contributed by atoms with Gasteiger partial charge in [0, 0.05) is 31.2 Å². The maximum atomic E-state index is 12.6. The van der Waals surface area contributed by atoms with Crippen LogP contribution in [0, 0.1) is 0 Å². The normalized spacial score (nSPS) is 13.4. The molecule has 0 radical (unpaired) electrons. The maximum absolute atomic E-state index is 12.6. The molecular weight excluding hydrogens is 320 g/mol. The Bertz CT molecular complexity index is 865. The third kappa shape index (κ3) is 3.18. The summed E-state index contributed by atoms with van der Waals surface area (Å²) in [6.07, 6.45) is 4.90. The molecular formula is C17H16N6O2. The number of amides is 1. The topological polar surface area (TPSA) is 86.0 Å². The molecule has 0 saturated heterocycles. The summed E-state index contributed by atoms with van der Waals surface area (Å²) in [5.74, 6) is 0.487. The number of nitrogens with zero attached hydrogens (tertiary/aromatic N) is 6. The van der Waals surface area contributed by atoms with Gasteiger partial charge >= 0.3 is 0 Å². The lowest BCUT2D eigenvalue weighted by Gasteiger charge is -2.27. The summed E-state index contributed by atoms with van der Waals surface area (Å²) in [5.41, 5.74) is 2.18. The van der Waals surface area contributed by atoms with E-state index in [0.717, 1.165) is 5.69 Å². The highest BCUT2D eigenvalue weighted by Crippen LogP contribution is 2.18. The van der Waals surface area contributed by atoms with Crippen LogP contribution in [0.15, 0.2) is 48.9 Å². The molecule has 1 aliphatic rings. The molecule has 0 N–H and O–H groups in total. The number of hydrogen-bond acceptors (Lipinski definition) is 6. The summed E-state index contributed by atoms with van der Waals surface area (Å²) < 4.78 is 7.48. The predicted octanol–water partition coefficient (Wildman–Crippen LogP) is 1.30. The van der Waals surface area contributed by atoms with Crippen LogP contribution in [0.1, 0.15) is 21.7 Å². The van der Waals surface area contributed by atoms with E-state index < -0.39 is 0 Å². The molecule has 126 valence electrons. The van der Waals surface area contributed by atoms with E-state index in [1.54, 1.807) is 41.7 Å². The summed E-state index contributed by atoms with van der Waals surface area (Å²) >= 11 is 0. The number of fused-ring (bicyclic) bond motifs is 1. The Kier molecular flexibility index (Phi) is 4.07. The lowest BCUT2D eigenvalue weighted by molar-refractivity contribution is 0.0704. The summed E-state index contributed by atoms with van der Waals surface area (Å²) in [4.78, 5) is 22.5. The van der Waals surface area contributed by atoms with Gasteiger partial charge in [0.2, 0.25) is 5.88 Å². The first-order chi connectivity index (χ1) is 12.3. The number of rotatable bonds is 4. The molecule has 3 aromatic rings. The number of carbonyl (C=O) groups excluding carboxylic acids is 1. The van der Waals surface area contributed by atoms with Crippen molar-refractivity contribution in [1.82, 2.24) is 29.9 Å². The molecule has 0 spiro atoms. The Labute approximate surface area is 144 Å². The minimum Gasteiger partial charge on any atom is -0.471 e. The van der Waals surface area contributed by atoms with Crippen LogP contribution in [0.5, 0.6) is 5.88 Å². The van der Waals surface area contributed by atoms with Crippen molar-refractivity contribution >= 4 is 5.91 Å². The summed E-state index contributed by atoms with van der Waals surface area (Å²) in [6, 6.07) is 9.00. The molecule has 0 fully saturated rings. The first kappa shape index (κ1) is 15.3. The minimum absolute atomic E-state index is 0.0443. The van der Waals surface area contributed by atoms with E-state index in [0.29, 0.717) is 36.8 Å². The zero-order valence-corrected chi connectivity index (χ0v) is 13.4. The van der Waals surface area contributed by atoms with E-state index in [1.165, 1.54) is 0 Å². The largest absolute Gasteiger partial charge is 0.471 e. The molecule has 0 bridgehead atoms. The van der Waals surface area contributed by atoms with Gasteiger partial charge in [-0.2, -0.15) is 0 Å². The molecule has 0 atom stereocenters. The zero-order chi connectivity index (χ0) is 17.1. The lowest BCUT2D eigenvalue weighted by Crippen LogP contribution is -2.38. The Balaban J connectivity index is 1.49. The molecule has 0 aliphatic carbocycles. The monoisotopic (exact) mass is 336 g/mol. The van der Waals surface area contributed by atoms with Gasteiger partial charge in [0.1, 0.15) is 12.3 Å². The van der Waals surface area contributed by atoms with E-state index >= 15 is 0 Å². The molecule has 4 heterocycles. The number of carbonyl (C=O) groups is 1. The van der Waals surface area contributed by atoms with Gasteiger partial charge in [-0.1, -0.05) is 11.3 Å². The average Bonchev–Trinajstić information content (AvgIpc) is 3.09. The Morgan fingerprint density at radius 1 is 1.16 bits per heavy atom. The second kappa shape index (κ2) is 6.68. The van der Waals surface area contributed by atoms with Crippen molar-refractivity contribution in [3.8, 4) is 5.88 Å². The third-order valence-corrected chi connectivity index (χ3v) is 4.03. The van der Waals surface area contributed by atoms with Gasteiger partial charge in [-0.25, -0.2) is 9.67 Å². The van der Waals surface area contributed by atoms with Crippen LogP contribution in [0.2, 0.25) is 0 Å². The molecule has 8 heteroatoms. The van der Waals surface area contributed by atoms with Gasteiger partial charge in [-0.05, 0) is 18.2 Å². The number of ether oxygens (including phenoxy) is 1. The van der Waals surface area contributed by atoms with Gasteiger partial charge in [-0.3, -0.25) is 9.78 Å². The molecule has 8 nitrogen and oxygen atoms in total. The van der Waals surface area contributed by atoms with Gasteiger partial charge in [0.25, 0.3) is 5.91 Å². The SMILES string of the molecule is O=C(c1cccnc1)N1CCn2nnc(COc3ccccn3)c2C1. The van der Waals surface area contributed by atoms with Gasteiger partial charge in [-0.15, -0.1) is 5.10 Å². The van der Waals surface area contributed by atoms with Gasteiger partial charge in [0.05, 0.1) is 24.3 Å². The van der Waals surface area contributed by atoms with E-state index in [4.69, 9.17) is 4.74 Å². The summed E-state index contributed by atoms with van der Waals surface area (Å²) in [5, 5.41) is 8.34. The maximum Gasteiger partial charge on any atom is 0.255 e. The molecule has 3 aromatic heterocycles. The van der Waals surface area contributed by atoms with Crippen molar-refractivity contribution in [1.29, 1.82) is 0 Å². The molecule has 1 aliphatic heterocycles. The first-order valence-electron chi connectivity index (χ1n) is 7.95. The van der Waals surface area contributed by atoms with E-state index in [2.05, 4.69) is 20.3 Å². The van der Waals surface area contributed by atoms with Crippen molar-refractivity contribution in [2.75, 3.05) is 6.54 Å². The predicted molar refractivity (Wildman–Crippen MR) is 87.6 cm³/mol. The fourth-order valence-electron chi connectivity index (χ4n) is 2.73. The zero-order valence-electron chi connectivity index (χ0n) is 13.4. The number of aromatic nitrogens is 5. The van der Waals surface area contributed by atoms with Crippen molar-refractivity contribution in [3.63, 3.8) is 0 Å². The average molecular weight is 336 g/mol. The van der Waals surface area contributed by atoms with Crippen molar-refractivity contribution in [2.24, 2.45) is 0 Å². The second-order valence-electron chi connectivity index (χ2n) is 5.63. The smallest absolute Gasteiger partial charge is 0.255 e. The quantitative estimate of drug-likeness (QED) is 0.714. The lowest BCUT2D eigenvalue weighted by atomic mass is 10.2. The minimum atomic E-state index is -0.0443. The van der Waals surface area contributed by atoms with Crippen LogP contribution in [-0.2, 0) is 19.7 Å². The van der Waals surface area contributed by atoms with Crippen LogP contribution in [0.25, 0.3) is 0 Å². The van der Waals surface area contributed by atoms with Crippen LogP contribution in [0.4, 0.5) is 0 Å². The second-order valence-corrected chi connectivity index (χ2v) is 5.63. The number of hydrogen-bond donors (Lipinski definition) is 0. The first-order valence-corrected chi connectivity index (χ1v) is 7.95. The van der Waals surface area contributed by atoms with E-state index in [9.17, 15) is 4.79 Å². The van der Waals surface area contributed by atoms with Crippen LogP contribution in [-0.4, -0.2) is 42.3 Å². The van der Waals surface area contributed by atoms with Crippen molar-refractivity contribution < 1.29 is 9.53 Å². The third-order valence-electron chi connectivity index (χ3n) is 4.03. The highest BCUT2D eigenvalue weighted by Gasteiger charge is 2.26. The van der Waals surface area contributed by atoms with Crippen LogP contribution >= 0.6 is 0 Å². The molecule has 0 aromatic carbocycles. The van der Waals surface area contributed by atoms with Crippen LogP contribution < -0.4 is 4.74 Å². The Morgan fingerprint density at radius 3 is 2.92 bits per heavy atom. The highest BCUT2D eigenvalue weighted by atomic mass is 16.5. The Hall–Kier alpha value is -3.29. The Morgan fingerprint density at radius 2 is 2.12 bits per heavy atom. The summed E-state index contributed by atoms with van der Waals surface area (Å²) in [6.45, 7) is 1.91. The fourth-order valence-corrected chi connectivity index (χ4v) is 2.73. The van der Waals surface area contributed by atoms with E-state index in [-0.39, 0.29) is 12.5 Å². The molecule has 0 unspecified atom stereocenters. The number of pyridine rings is 2. The molecule has 1 amide bonds. The molecule has 0 saturated carbocycles. The standard InChI is InChI=1S/C17H16N6O2/c24-17(13-4-3-6-18-10-13)22-8-9-23-15(11-22)14(20-21-23)12-25-16-5-1-2-7-19-16/h1-7,10H,8-9,11-12H2. The highest BCUT2D eigenvalue weighted by molar-refractivity contribution is 5.93. The van der Waals surface area contributed by atoms with Crippen LogP contribution in [0.3, 0.4) is 0 Å². The van der Waals surface area contributed by atoms with Gasteiger partial charge < -0.3 is 9.64 Å².